The van der Waals surface area contributed by atoms with Gasteiger partial charge in [-0.1, -0.05) is 36.4 Å². The van der Waals surface area contributed by atoms with Crippen molar-refractivity contribution in [1.29, 1.82) is 0 Å². The van der Waals surface area contributed by atoms with Crippen LogP contribution in [0.3, 0.4) is 0 Å². The van der Waals surface area contributed by atoms with Gasteiger partial charge in [-0.25, -0.2) is 0 Å². The van der Waals surface area contributed by atoms with Crippen molar-refractivity contribution in [3.63, 3.8) is 0 Å². The second-order valence-corrected chi connectivity index (χ2v) is 7.36. The van der Waals surface area contributed by atoms with Gasteiger partial charge in [-0.05, 0) is 42.5 Å². The maximum atomic E-state index is 12.6. The third-order valence-electron chi connectivity index (χ3n) is 5.46. The molecule has 0 bridgehead atoms. The number of pyridine rings is 1. The number of piperidine rings is 1. The average Bonchev–Trinajstić information content (AvgIpc) is 2.77. The van der Waals surface area contributed by atoms with Crippen molar-refractivity contribution in [2.24, 2.45) is 5.92 Å². The Hall–Kier alpha value is -3.41. The number of aromatic amines is 1. The number of hydrogen-bond acceptors (Lipinski definition) is 3. The molecule has 2 heterocycles. The summed E-state index contributed by atoms with van der Waals surface area (Å²) in [7, 11) is 0. The van der Waals surface area contributed by atoms with Gasteiger partial charge in [0.15, 0.2) is 0 Å². The van der Waals surface area contributed by atoms with Crippen molar-refractivity contribution in [2.45, 2.75) is 19.4 Å². The van der Waals surface area contributed by atoms with Gasteiger partial charge in [-0.2, -0.15) is 0 Å². The monoisotopic (exact) mass is 389 g/mol. The lowest BCUT2D eigenvalue weighted by atomic mass is 9.95. The van der Waals surface area contributed by atoms with E-state index in [1.54, 1.807) is 4.90 Å². The largest absolute Gasteiger partial charge is 0.352 e. The summed E-state index contributed by atoms with van der Waals surface area (Å²) in [5, 5.41) is 3.82. The highest BCUT2D eigenvalue weighted by Crippen LogP contribution is 2.19. The van der Waals surface area contributed by atoms with Gasteiger partial charge in [0.05, 0.1) is 0 Å². The molecule has 6 heteroatoms. The van der Waals surface area contributed by atoms with E-state index in [2.05, 4.69) is 10.3 Å². The maximum absolute atomic E-state index is 12.6. The zero-order valence-corrected chi connectivity index (χ0v) is 16.1. The Morgan fingerprint density at radius 1 is 1.00 bits per heavy atom. The second kappa shape index (κ2) is 8.31. The first kappa shape index (κ1) is 18.9. The zero-order valence-electron chi connectivity index (χ0n) is 16.1. The van der Waals surface area contributed by atoms with E-state index in [-0.39, 0.29) is 29.8 Å². The van der Waals surface area contributed by atoms with Crippen LogP contribution in [0.2, 0.25) is 0 Å². The van der Waals surface area contributed by atoms with Crippen molar-refractivity contribution in [3.05, 3.63) is 82.1 Å². The summed E-state index contributed by atoms with van der Waals surface area (Å²) in [6.07, 6.45) is 1.25. The number of aromatic nitrogens is 1. The third kappa shape index (κ3) is 4.21. The highest BCUT2D eigenvalue weighted by molar-refractivity contribution is 5.94. The van der Waals surface area contributed by atoms with E-state index in [0.29, 0.717) is 37.1 Å². The van der Waals surface area contributed by atoms with E-state index in [1.165, 1.54) is 0 Å². The minimum atomic E-state index is -0.188. The molecule has 1 aliphatic heterocycles. The smallest absolute Gasteiger partial charge is 0.253 e. The molecular formula is C23H23N3O3. The number of carbonyl (C=O) groups is 2. The molecule has 1 aliphatic rings. The Kier molecular flexibility index (Phi) is 5.42. The van der Waals surface area contributed by atoms with Gasteiger partial charge in [-0.3, -0.25) is 14.4 Å². The molecule has 0 aliphatic carbocycles. The molecule has 148 valence electrons. The van der Waals surface area contributed by atoms with Crippen LogP contribution in [-0.2, 0) is 11.3 Å². The lowest BCUT2D eigenvalue weighted by Gasteiger charge is -2.31. The predicted octanol–water partition coefficient (Wildman–Crippen LogP) is 2.70. The summed E-state index contributed by atoms with van der Waals surface area (Å²) in [6, 6.07) is 18.6. The van der Waals surface area contributed by atoms with Gasteiger partial charge in [0.1, 0.15) is 0 Å². The zero-order chi connectivity index (χ0) is 20.2. The van der Waals surface area contributed by atoms with E-state index < -0.39 is 0 Å². The van der Waals surface area contributed by atoms with Crippen LogP contribution < -0.4 is 10.9 Å². The molecule has 2 N–H and O–H groups in total. The van der Waals surface area contributed by atoms with E-state index in [9.17, 15) is 14.4 Å². The van der Waals surface area contributed by atoms with Gasteiger partial charge in [0.25, 0.3) is 11.5 Å². The van der Waals surface area contributed by atoms with Crippen LogP contribution in [0.1, 0.15) is 28.8 Å². The fourth-order valence-corrected chi connectivity index (χ4v) is 3.76. The van der Waals surface area contributed by atoms with E-state index in [0.717, 1.165) is 10.9 Å². The van der Waals surface area contributed by atoms with E-state index >= 15 is 0 Å². The van der Waals surface area contributed by atoms with Crippen LogP contribution in [0.15, 0.2) is 65.5 Å². The van der Waals surface area contributed by atoms with E-state index in [1.807, 2.05) is 60.7 Å². The number of nitrogens with one attached hydrogen (secondary N) is 2. The molecule has 6 nitrogen and oxygen atoms in total. The fourth-order valence-electron chi connectivity index (χ4n) is 3.76. The first-order valence-corrected chi connectivity index (χ1v) is 9.85. The van der Waals surface area contributed by atoms with Crippen LogP contribution in [0, 0.1) is 5.92 Å². The Morgan fingerprint density at radius 2 is 1.69 bits per heavy atom. The van der Waals surface area contributed by atoms with Gasteiger partial charge in [0, 0.05) is 42.2 Å². The highest BCUT2D eigenvalue weighted by Gasteiger charge is 2.27. The number of likely N-dealkylation sites (tertiary alicyclic amines) is 1. The highest BCUT2D eigenvalue weighted by atomic mass is 16.2. The number of amides is 2. The first-order chi connectivity index (χ1) is 14.1. The number of para-hydroxylation sites is 1. The van der Waals surface area contributed by atoms with Crippen molar-refractivity contribution in [2.75, 3.05) is 13.1 Å². The minimum Gasteiger partial charge on any atom is -0.352 e. The lowest BCUT2D eigenvalue weighted by molar-refractivity contribution is -0.126. The first-order valence-electron chi connectivity index (χ1n) is 9.85. The van der Waals surface area contributed by atoms with Crippen LogP contribution >= 0.6 is 0 Å². The molecule has 29 heavy (non-hydrogen) atoms. The molecule has 0 spiro atoms. The van der Waals surface area contributed by atoms with Gasteiger partial charge in [0.2, 0.25) is 5.91 Å². The molecule has 1 saturated heterocycles. The topological polar surface area (TPSA) is 82.3 Å². The average molecular weight is 389 g/mol. The molecule has 1 fully saturated rings. The summed E-state index contributed by atoms with van der Waals surface area (Å²) in [5.41, 5.74) is 1.80. The Balaban J connectivity index is 1.33. The summed E-state index contributed by atoms with van der Waals surface area (Å²) in [5.74, 6) is -0.203. The Labute approximate surface area is 168 Å². The van der Waals surface area contributed by atoms with Crippen LogP contribution in [0.4, 0.5) is 0 Å². The van der Waals surface area contributed by atoms with Crippen LogP contribution in [0.5, 0.6) is 0 Å². The Bertz CT molecular complexity index is 1080. The molecule has 2 aromatic carbocycles. The maximum Gasteiger partial charge on any atom is 0.253 e. The van der Waals surface area contributed by atoms with Crippen LogP contribution in [0.25, 0.3) is 10.9 Å². The van der Waals surface area contributed by atoms with Crippen LogP contribution in [-0.4, -0.2) is 34.8 Å². The van der Waals surface area contributed by atoms with Crippen molar-refractivity contribution >= 4 is 22.7 Å². The molecule has 0 unspecified atom stereocenters. The SMILES string of the molecule is O=C(NCc1cc2ccccc2[nH]c1=O)C1CCN(C(=O)c2ccccc2)CC1. The molecule has 0 radical (unpaired) electrons. The number of benzene rings is 2. The summed E-state index contributed by atoms with van der Waals surface area (Å²) < 4.78 is 0. The van der Waals surface area contributed by atoms with Crippen molar-refractivity contribution < 1.29 is 9.59 Å². The van der Waals surface area contributed by atoms with E-state index in [4.69, 9.17) is 0 Å². The summed E-state index contributed by atoms with van der Waals surface area (Å²) in [4.78, 5) is 42.0. The Morgan fingerprint density at radius 3 is 2.45 bits per heavy atom. The summed E-state index contributed by atoms with van der Waals surface area (Å²) in [6.45, 7) is 1.31. The number of nitrogens with zero attached hydrogens (tertiary/aromatic N) is 1. The number of hydrogen-bond donors (Lipinski definition) is 2. The molecular weight excluding hydrogens is 366 g/mol. The minimum absolute atomic E-state index is 0.00663. The normalized spacial score (nSPS) is 14.7. The molecule has 1 aromatic heterocycles. The number of rotatable bonds is 4. The molecule has 0 atom stereocenters. The number of carbonyl (C=O) groups excluding carboxylic acids is 2. The van der Waals surface area contributed by atoms with Crippen molar-refractivity contribution in [1.82, 2.24) is 15.2 Å². The third-order valence-corrected chi connectivity index (χ3v) is 5.46. The molecule has 0 saturated carbocycles. The molecule has 4 rings (SSSR count). The number of fused-ring (bicyclic) bond motifs is 1. The van der Waals surface area contributed by atoms with Crippen molar-refractivity contribution in [3.8, 4) is 0 Å². The number of H-pyrrole nitrogens is 1. The standard InChI is InChI=1S/C23H23N3O3/c27-21(24-15-19-14-18-8-4-5-9-20(18)25-22(19)28)16-10-12-26(13-11-16)23(29)17-6-2-1-3-7-17/h1-9,14,16H,10-13,15H2,(H,24,27)(H,25,28). The van der Waals surface area contributed by atoms with Gasteiger partial charge < -0.3 is 15.2 Å². The predicted molar refractivity (Wildman–Crippen MR) is 111 cm³/mol. The molecule has 2 amide bonds. The van der Waals surface area contributed by atoms with Gasteiger partial charge in [-0.15, -0.1) is 0 Å². The second-order valence-electron chi connectivity index (χ2n) is 7.36. The quantitative estimate of drug-likeness (QED) is 0.720. The lowest BCUT2D eigenvalue weighted by Crippen LogP contribution is -2.43. The van der Waals surface area contributed by atoms with Gasteiger partial charge >= 0.3 is 0 Å². The summed E-state index contributed by atoms with van der Waals surface area (Å²) >= 11 is 0. The molecule has 3 aromatic rings. The fraction of sp³-hybridized carbons (Fsp3) is 0.261.